The number of hydrogen-bond acceptors (Lipinski definition) is 1. The Bertz CT molecular complexity index is 220. The van der Waals surface area contributed by atoms with Crippen LogP contribution in [0.1, 0.15) is 11.7 Å². The molecule has 0 aliphatic carbocycles. The number of rotatable bonds is 2. The summed E-state index contributed by atoms with van der Waals surface area (Å²) < 4.78 is 0. The second-order valence-electron chi connectivity index (χ2n) is 2.83. The second kappa shape index (κ2) is 3.63. The molecule has 0 aliphatic rings. The Balaban J connectivity index is 2.81. The summed E-state index contributed by atoms with van der Waals surface area (Å²) in [4.78, 5) is 0. The van der Waals surface area contributed by atoms with E-state index in [1.807, 2.05) is 40.0 Å². The van der Waals surface area contributed by atoms with Gasteiger partial charge in [-0.25, -0.2) is 0 Å². The summed E-state index contributed by atoms with van der Waals surface area (Å²) in [7, 11) is 4.02. The Morgan fingerprint density at radius 2 is 1.82 bits per heavy atom. The van der Waals surface area contributed by atoms with Crippen LogP contribution in [0, 0.1) is 0 Å². The molecule has 1 atom stereocenters. The van der Waals surface area contributed by atoms with Crippen LogP contribution < -0.4 is 5.46 Å². The van der Waals surface area contributed by atoms with Gasteiger partial charge in [-0.15, -0.1) is 0 Å². The normalized spacial score (nSPS) is 12.8. The van der Waals surface area contributed by atoms with Crippen LogP contribution in [0.2, 0.25) is 6.32 Å². The molecule has 0 unspecified atom stereocenters. The first-order valence-corrected chi connectivity index (χ1v) is 3.98. The van der Waals surface area contributed by atoms with Gasteiger partial charge in [0.15, 0.2) is 0 Å². The highest BCUT2D eigenvalue weighted by molar-refractivity contribution is 6.32. The number of benzene rings is 1. The van der Waals surface area contributed by atoms with Crippen molar-refractivity contribution in [2.45, 2.75) is 12.4 Å². The van der Waals surface area contributed by atoms with Crippen molar-refractivity contribution in [3.63, 3.8) is 0 Å². The fraction of sp³-hybridized carbons (Fsp3) is 0.250. The van der Waals surface area contributed by atoms with Gasteiger partial charge in [-0.3, -0.25) is 0 Å². The zero-order valence-corrected chi connectivity index (χ0v) is 7.04. The Morgan fingerprint density at radius 1 is 1.27 bits per heavy atom. The Kier molecular flexibility index (Phi) is 2.77. The molecule has 0 saturated carbocycles. The molecule has 0 spiro atoms. The predicted octanol–water partition coefficient (Wildman–Crippen LogP) is -0.970. The third kappa shape index (κ3) is 2.12. The molecule has 0 bridgehead atoms. The van der Waals surface area contributed by atoms with E-state index in [2.05, 4.69) is 0 Å². The van der Waals surface area contributed by atoms with Gasteiger partial charge >= 0.3 is 0 Å². The van der Waals surface area contributed by atoms with Gasteiger partial charge in [0, 0.05) is 0 Å². The van der Waals surface area contributed by atoms with Crippen LogP contribution in [0.4, 0.5) is 0 Å². The first kappa shape index (κ1) is 8.41. The lowest BCUT2D eigenvalue weighted by Crippen LogP contribution is -2.03. The summed E-state index contributed by atoms with van der Waals surface area (Å²) in [6.45, 7) is 0. The number of hydrogen-bond donors (Lipinski definition) is 1. The molecule has 0 saturated heterocycles. The van der Waals surface area contributed by atoms with E-state index in [0.29, 0.717) is 0 Å². The van der Waals surface area contributed by atoms with E-state index in [-0.39, 0.29) is 6.10 Å². The Labute approximate surface area is 69.3 Å². The summed E-state index contributed by atoms with van der Waals surface area (Å²) in [5.74, 6) is 0. The Hall–Kier alpha value is -0.690. The van der Waals surface area contributed by atoms with Crippen LogP contribution in [-0.2, 0) is 0 Å². The maximum Gasteiger partial charge on any atom is 0.139 e. The van der Waals surface area contributed by atoms with Gasteiger partial charge < -0.3 is 5.11 Å². The van der Waals surface area contributed by atoms with E-state index in [4.69, 9.17) is 0 Å². The SMILES string of the molecule is BC[C@@H](O)c1ccc(B)cc1. The van der Waals surface area contributed by atoms with E-state index in [1.54, 1.807) is 0 Å². The Morgan fingerprint density at radius 3 is 2.27 bits per heavy atom. The molecule has 0 amide bonds. The van der Waals surface area contributed by atoms with Gasteiger partial charge in [0.05, 0.1) is 6.10 Å². The topological polar surface area (TPSA) is 20.2 Å². The maximum absolute atomic E-state index is 9.42. The molecule has 0 aromatic heterocycles. The van der Waals surface area contributed by atoms with Crippen molar-refractivity contribution < 1.29 is 5.11 Å². The highest BCUT2D eigenvalue weighted by Gasteiger charge is 2.01. The molecule has 0 aliphatic heterocycles. The van der Waals surface area contributed by atoms with Gasteiger partial charge in [0.1, 0.15) is 15.7 Å². The smallest absolute Gasteiger partial charge is 0.139 e. The van der Waals surface area contributed by atoms with E-state index in [0.717, 1.165) is 11.9 Å². The average Bonchev–Trinajstić information content (AvgIpc) is 2.05. The molecular formula is C8H12B2O. The molecule has 56 valence electrons. The zero-order valence-electron chi connectivity index (χ0n) is 7.04. The molecule has 1 rings (SSSR count). The zero-order chi connectivity index (χ0) is 8.27. The molecule has 1 aromatic carbocycles. The third-order valence-corrected chi connectivity index (χ3v) is 1.85. The van der Waals surface area contributed by atoms with E-state index in [1.165, 1.54) is 5.46 Å². The monoisotopic (exact) mass is 146 g/mol. The summed E-state index contributed by atoms with van der Waals surface area (Å²) >= 11 is 0. The predicted molar refractivity (Wildman–Crippen MR) is 52.9 cm³/mol. The van der Waals surface area contributed by atoms with Crippen molar-refractivity contribution in [3.05, 3.63) is 29.8 Å². The lowest BCUT2D eigenvalue weighted by Gasteiger charge is -2.07. The fourth-order valence-electron chi connectivity index (χ4n) is 1.02. The molecule has 0 radical (unpaired) electrons. The average molecular weight is 146 g/mol. The minimum atomic E-state index is -0.296. The first-order valence-electron chi connectivity index (χ1n) is 3.98. The van der Waals surface area contributed by atoms with Crippen LogP contribution in [0.15, 0.2) is 24.3 Å². The van der Waals surface area contributed by atoms with E-state index in [9.17, 15) is 5.11 Å². The lowest BCUT2D eigenvalue weighted by atomic mass is 9.90. The molecular weight excluding hydrogens is 134 g/mol. The van der Waals surface area contributed by atoms with Crippen molar-refractivity contribution in [3.8, 4) is 0 Å². The van der Waals surface area contributed by atoms with Crippen molar-refractivity contribution in [1.82, 2.24) is 0 Å². The van der Waals surface area contributed by atoms with E-state index >= 15 is 0 Å². The van der Waals surface area contributed by atoms with Gasteiger partial charge in [0.25, 0.3) is 0 Å². The van der Waals surface area contributed by atoms with Gasteiger partial charge in [-0.05, 0) is 5.56 Å². The molecule has 0 heterocycles. The quantitative estimate of drug-likeness (QED) is 0.532. The molecule has 1 nitrogen and oxygen atoms in total. The standard InChI is InChI=1S/C8H12B2O/c9-5-8(11)6-1-3-7(10)4-2-6/h1-4,8,11H,5,9-10H2/t8-/m1/s1. The van der Waals surface area contributed by atoms with Crippen molar-refractivity contribution >= 4 is 21.2 Å². The van der Waals surface area contributed by atoms with Crippen molar-refractivity contribution in [2.24, 2.45) is 0 Å². The van der Waals surface area contributed by atoms with Gasteiger partial charge in [-0.1, -0.05) is 36.0 Å². The van der Waals surface area contributed by atoms with E-state index < -0.39 is 0 Å². The third-order valence-electron chi connectivity index (χ3n) is 1.85. The molecule has 3 heteroatoms. The van der Waals surface area contributed by atoms with Crippen molar-refractivity contribution in [2.75, 3.05) is 0 Å². The summed E-state index contributed by atoms with van der Waals surface area (Å²) in [6, 6.07) is 8.00. The summed E-state index contributed by atoms with van der Waals surface area (Å²) in [5, 5.41) is 9.42. The largest absolute Gasteiger partial charge is 0.389 e. The van der Waals surface area contributed by atoms with Gasteiger partial charge in [0.2, 0.25) is 0 Å². The maximum atomic E-state index is 9.42. The number of aliphatic hydroxyl groups is 1. The van der Waals surface area contributed by atoms with Crippen LogP contribution in [0.5, 0.6) is 0 Å². The summed E-state index contributed by atoms with van der Waals surface area (Å²) in [6.07, 6.45) is 0.485. The molecule has 0 fully saturated rings. The van der Waals surface area contributed by atoms with Gasteiger partial charge in [-0.2, -0.15) is 0 Å². The van der Waals surface area contributed by atoms with Crippen LogP contribution >= 0.6 is 0 Å². The first-order chi connectivity index (χ1) is 5.24. The summed E-state index contributed by atoms with van der Waals surface area (Å²) in [5.41, 5.74) is 2.25. The minimum Gasteiger partial charge on any atom is -0.389 e. The molecule has 1 N–H and O–H groups in total. The highest BCUT2D eigenvalue weighted by Crippen LogP contribution is 2.13. The highest BCUT2D eigenvalue weighted by atomic mass is 16.3. The van der Waals surface area contributed by atoms with Crippen LogP contribution in [0.25, 0.3) is 0 Å². The van der Waals surface area contributed by atoms with Crippen LogP contribution in [-0.4, -0.2) is 20.8 Å². The van der Waals surface area contributed by atoms with Crippen molar-refractivity contribution in [1.29, 1.82) is 0 Å². The fourth-order valence-corrected chi connectivity index (χ4v) is 1.02. The second-order valence-corrected chi connectivity index (χ2v) is 2.83. The molecule has 1 aromatic rings. The van der Waals surface area contributed by atoms with Crippen LogP contribution in [0.3, 0.4) is 0 Å². The number of aliphatic hydroxyl groups excluding tert-OH is 1. The minimum absolute atomic E-state index is 0.296. The lowest BCUT2D eigenvalue weighted by molar-refractivity contribution is 0.200. The molecule has 11 heavy (non-hydrogen) atoms.